The molecule has 0 unspecified atom stereocenters. The molecule has 4 rings (SSSR count). The molecule has 40 heavy (non-hydrogen) atoms. The molecule has 2 N–H and O–H groups in total. The van der Waals surface area contributed by atoms with Crippen LogP contribution in [0.5, 0.6) is 11.5 Å². The Morgan fingerprint density at radius 3 is 2.55 bits per heavy atom. The maximum atomic E-state index is 13.0. The van der Waals surface area contributed by atoms with E-state index in [1.807, 2.05) is 44.2 Å². The molecule has 0 bridgehead atoms. The van der Waals surface area contributed by atoms with Crippen LogP contribution in [-0.2, 0) is 22.4 Å². The zero-order valence-corrected chi connectivity index (χ0v) is 25.1. The first-order valence-electron chi connectivity index (χ1n) is 12.8. The number of nitriles is 2. The van der Waals surface area contributed by atoms with Crippen LogP contribution in [0.25, 0.3) is 6.08 Å². The fraction of sp³-hybridized carbons (Fsp3) is 0.267. The molecule has 2 aromatic carbocycles. The van der Waals surface area contributed by atoms with Gasteiger partial charge in [-0.15, -0.1) is 11.3 Å². The Morgan fingerprint density at radius 1 is 1.10 bits per heavy atom. The molecule has 8 nitrogen and oxygen atoms in total. The molecule has 204 valence electrons. The molecule has 10 heteroatoms. The Bertz CT molecular complexity index is 1550. The number of thiophene rings is 1. The van der Waals surface area contributed by atoms with E-state index in [-0.39, 0.29) is 18.1 Å². The van der Waals surface area contributed by atoms with Crippen molar-refractivity contribution in [2.75, 3.05) is 23.8 Å². The average molecular weight is 667 g/mol. The number of aryl methyl sites for hydroxylation is 2. The van der Waals surface area contributed by atoms with E-state index >= 15 is 0 Å². The van der Waals surface area contributed by atoms with Crippen molar-refractivity contribution in [1.29, 1.82) is 10.5 Å². The first-order chi connectivity index (χ1) is 19.3. The number of hydrogen-bond acceptors (Lipinski definition) is 7. The molecule has 0 radical (unpaired) electrons. The molecule has 0 spiro atoms. The van der Waals surface area contributed by atoms with Gasteiger partial charge in [-0.2, -0.15) is 10.5 Å². The quantitative estimate of drug-likeness (QED) is 0.155. The van der Waals surface area contributed by atoms with Gasteiger partial charge in [0.2, 0.25) is 0 Å². The largest absolute Gasteiger partial charge is 0.490 e. The molecule has 1 aromatic heterocycles. The lowest BCUT2D eigenvalue weighted by Gasteiger charge is -2.15. The number of nitrogens with zero attached hydrogens (tertiary/aromatic N) is 2. The summed E-state index contributed by atoms with van der Waals surface area (Å²) in [6.07, 6.45) is 5.27. The zero-order chi connectivity index (χ0) is 28.6. The summed E-state index contributed by atoms with van der Waals surface area (Å²) in [6.45, 7) is 3.92. The molecule has 3 aromatic rings. The molecular weight excluding hydrogens is 639 g/mol. The molecule has 0 saturated heterocycles. The van der Waals surface area contributed by atoms with Crippen LogP contribution < -0.4 is 20.1 Å². The van der Waals surface area contributed by atoms with E-state index in [2.05, 4.69) is 39.3 Å². The highest BCUT2D eigenvalue weighted by Crippen LogP contribution is 2.38. The SMILES string of the molecule is CCOc1cc(/C=C(\C#N)C(=O)Nc2sc3c(c2C#N)CCCC3)cc(I)c1OCC(=O)Nc1ccc(C)cc1. The van der Waals surface area contributed by atoms with E-state index in [4.69, 9.17) is 9.47 Å². The number of anilines is 2. The van der Waals surface area contributed by atoms with Gasteiger partial charge in [0.1, 0.15) is 22.7 Å². The third-order valence-electron chi connectivity index (χ3n) is 6.20. The number of nitrogens with one attached hydrogen (secondary N) is 2. The van der Waals surface area contributed by atoms with Gasteiger partial charge in [0.25, 0.3) is 11.8 Å². The van der Waals surface area contributed by atoms with Crippen molar-refractivity contribution in [2.45, 2.75) is 39.5 Å². The highest BCUT2D eigenvalue weighted by Gasteiger charge is 2.23. The number of carbonyl (C=O) groups is 2. The van der Waals surface area contributed by atoms with Crippen LogP contribution in [0.1, 0.15) is 46.9 Å². The van der Waals surface area contributed by atoms with Gasteiger partial charge in [-0.1, -0.05) is 17.7 Å². The van der Waals surface area contributed by atoms with Gasteiger partial charge in [-0.25, -0.2) is 0 Å². The third kappa shape index (κ3) is 7.00. The number of fused-ring (bicyclic) bond motifs is 1. The summed E-state index contributed by atoms with van der Waals surface area (Å²) in [7, 11) is 0. The molecule has 1 aliphatic rings. The van der Waals surface area contributed by atoms with Crippen LogP contribution >= 0.6 is 33.9 Å². The molecule has 0 aliphatic heterocycles. The minimum absolute atomic E-state index is 0.111. The maximum Gasteiger partial charge on any atom is 0.266 e. The second-order valence-electron chi connectivity index (χ2n) is 9.12. The zero-order valence-electron chi connectivity index (χ0n) is 22.1. The van der Waals surface area contributed by atoms with Gasteiger partial charge in [0.15, 0.2) is 18.1 Å². The molecule has 0 saturated carbocycles. The van der Waals surface area contributed by atoms with Gasteiger partial charge in [-0.3, -0.25) is 9.59 Å². The van der Waals surface area contributed by atoms with E-state index in [1.165, 1.54) is 17.4 Å². The van der Waals surface area contributed by atoms with E-state index in [9.17, 15) is 20.1 Å². The molecule has 0 atom stereocenters. The Morgan fingerprint density at radius 2 is 1.85 bits per heavy atom. The number of benzene rings is 2. The van der Waals surface area contributed by atoms with Crippen LogP contribution in [0.15, 0.2) is 42.0 Å². The third-order valence-corrected chi connectivity index (χ3v) is 8.21. The Hall–Kier alpha value is -3.87. The number of ether oxygens (including phenoxy) is 2. The normalized spacial score (nSPS) is 12.5. The van der Waals surface area contributed by atoms with E-state index in [0.717, 1.165) is 41.7 Å². The summed E-state index contributed by atoms with van der Waals surface area (Å²) in [5, 5.41) is 25.5. The lowest BCUT2D eigenvalue weighted by Crippen LogP contribution is -2.20. The monoisotopic (exact) mass is 666 g/mol. The summed E-state index contributed by atoms with van der Waals surface area (Å²) in [5.41, 5.74) is 3.71. The fourth-order valence-electron chi connectivity index (χ4n) is 4.30. The average Bonchev–Trinajstić information content (AvgIpc) is 3.29. The topological polar surface area (TPSA) is 124 Å². The van der Waals surface area contributed by atoms with E-state index in [0.29, 0.717) is 43.5 Å². The number of rotatable bonds is 9. The van der Waals surface area contributed by atoms with E-state index in [1.54, 1.807) is 12.1 Å². The Labute approximate surface area is 250 Å². The standard InChI is InChI=1S/C30H27IN4O4S/c1-3-38-25-14-19(13-24(31)28(25)39-17-27(36)34-21-10-8-18(2)9-11-21)12-20(15-32)29(37)35-30-23(16-33)22-6-4-5-7-26(22)40-30/h8-14H,3-7,17H2,1-2H3,(H,34,36)(H,35,37)/b20-12+. The summed E-state index contributed by atoms with van der Waals surface area (Å²) in [6, 6.07) is 15.0. The van der Waals surface area contributed by atoms with Crippen LogP contribution in [0.2, 0.25) is 0 Å². The maximum absolute atomic E-state index is 13.0. The Kier molecular flexibility index (Phi) is 9.80. The summed E-state index contributed by atoms with van der Waals surface area (Å²) in [4.78, 5) is 26.6. The predicted molar refractivity (Wildman–Crippen MR) is 164 cm³/mol. The second kappa shape index (κ2) is 13.5. The van der Waals surface area contributed by atoms with Gasteiger partial charge in [0, 0.05) is 10.6 Å². The molecule has 1 aliphatic carbocycles. The first kappa shape index (κ1) is 29.1. The highest BCUT2D eigenvalue weighted by atomic mass is 127. The molecule has 2 amide bonds. The predicted octanol–water partition coefficient (Wildman–Crippen LogP) is 6.37. The van der Waals surface area contributed by atoms with Crippen LogP contribution in [0.3, 0.4) is 0 Å². The van der Waals surface area contributed by atoms with Crippen molar-refractivity contribution in [3.8, 4) is 23.6 Å². The number of carbonyl (C=O) groups excluding carboxylic acids is 2. The van der Waals surface area contributed by atoms with Crippen molar-refractivity contribution < 1.29 is 19.1 Å². The van der Waals surface area contributed by atoms with Gasteiger partial charge < -0.3 is 20.1 Å². The van der Waals surface area contributed by atoms with Crippen molar-refractivity contribution in [2.24, 2.45) is 0 Å². The number of halogens is 1. The Balaban J connectivity index is 1.51. The second-order valence-corrected chi connectivity index (χ2v) is 11.4. The number of amides is 2. The molecule has 0 fully saturated rings. The molecular formula is C30H27IN4O4S. The van der Waals surface area contributed by atoms with Gasteiger partial charge in [-0.05, 0) is 104 Å². The lowest BCUT2D eigenvalue weighted by molar-refractivity contribution is -0.118. The minimum atomic E-state index is -0.585. The highest BCUT2D eigenvalue weighted by molar-refractivity contribution is 14.1. The van der Waals surface area contributed by atoms with Gasteiger partial charge >= 0.3 is 0 Å². The van der Waals surface area contributed by atoms with Crippen molar-refractivity contribution in [1.82, 2.24) is 0 Å². The lowest BCUT2D eigenvalue weighted by atomic mass is 9.96. The van der Waals surface area contributed by atoms with Crippen molar-refractivity contribution in [3.63, 3.8) is 0 Å². The van der Waals surface area contributed by atoms with Crippen molar-refractivity contribution in [3.05, 3.63) is 72.7 Å². The molecule has 1 heterocycles. The van der Waals surface area contributed by atoms with Crippen LogP contribution in [0, 0.1) is 33.2 Å². The smallest absolute Gasteiger partial charge is 0.266 e. The number of hydrogen-bond donors (Lipinski definition) is 2. The summed E-state index contributed by atoms with van der Waals surface area (Å²) < 4.78 is 12.2. The van der Waals surface area contributed by atoms with Gasteiger partial charge in [0.05, 0.1) is 15.7 Å². The summed E-state index contributed by atoms with van der Waals surface area (Å²) in [5.74, 6) is -0.121. The van der Waals surface area contributed by atoms with E-state index < -0.39 is 5.91 Å². The van der Waals surface area contributed by atoms with Crippen molar-refractivity contribution >= 4 is 62.5 Å². The minimum Gasteiger partial charge on any atom is -0.490 e. The van der Waals surface area contributed by atoms with Crippen LogP contribution in [0.4, 0.5) is 10.7 Å². The first-order valence-corrected chi connectivity index (χ1v) is 14.7. The fourth-order valence-corrected chi connectivity index (χ4v) is 6.32. The van der Waals surface area contributed by atoms with Crippen LogP contribution in [-0.4, -0.2) is 25.0 Å². The summed E-state index contributed by atoms with van der Waals surface area (Å²) >= 11 is 3.48.